The zero-order valence-electron chi connectivity index (χ0n) is 14.1. The van der Waals surface area contributed by atoms with E-state index in [1.165, 1.54) is 0 Å². The molecule has 0 unspecified atom stereocenters. The molecule has 0 radical (unpaired) electrons. The summed E-state index contributed by atoms with van der Waals surface area (Å²) in [6.45, 7) is 0.567. The monoisotopic (exact) mass is 361 g/mol. The van der Waals surface area contributed by atoms with Crippen LogP contribution in [-0.4, -0.2) is 39.0 Å². The van der Waals surface area contributed by atoms with Crippen molar-refractivity contribution in [2.45, 2.75) is 12.8 Å². The highest BCUT2D eigenvalue weighted by Crippen LogP contribution is 2.07. The summed E-state index contributed by atoms with van der Waals surface area (Å²) in [6, 6.07) is 18.9. The summed E-state index contributed by atoms with van der Waals surface area (Å²) in [7, 11) is -3.39. The van der Waals surface area contributed by atoms with Gasteiger partial charge in [0.05, 0.1) is 12.3 Å². The van der Waals surface area contributed by atoms with E-state index in [9.17, 15) is 13.2 Å². The van der Waals surface area contributed by atoms with Crippen molar-refractivity contribution < 1.29 is 17.9 Å². The summed E-state index contributed by atoms with van der Waals surface area (Å²) in [5.41, 5.74) is 1.10. The number of rotatable bonds is 10. The van der Waals surface area contributed by atoms with Gasteiger partial charge in [0.1, 0.15) is 18.1 Å². The first-order valence-corrected chi connectivity index (χ1v) is 10.1. The number of sulfone groups is 1. The molecule has 5 nitrogen and oxygen atoms in total. The van der Waals surface area contributed by atoms with Crippen LogP contribution in [0, 0.1) is 0 Å². The third kappa shape index (κ3) is 7.85. The fourth-order valence-corrected chi connectivity index (χ4v) is 3.57. The van der Waals surface area contributed by atoms with Gasteiger partial charge >= 0.3 is 0 Å². The average molecular weight is 361 g/mol. The number of carbonyl (C=O) groups excluding carboxylic acids is 1. The maximum absolute atomic E-state index is 12.0. The Morgan fingerprint density at radius 2 is 1.60 bits per heavy atom. The van der Waals surface area contributed by atoms with Crippen LogP contribution < -0.4 is 10.1 Å². The number of ether oxygens (including phenoxy) is 1. The topological polar surface area (TPSA) is 72.5 Å². The minimum absolute atomic E-state index is 0.00975. The Morgan fingerprint density at radius 3 is 2.28 bits per heavy atom. The van der Waals surface area contributed by atoms with Crippen molar-refractivity contribution in [3.63, 3.8) is 0 Å². The molecule has 1 N–H and O–H groups in total. The quantitative estimate of drug-likeness (QED) is 0.659. The van der Waals surface area contributed by atoms with Crippen molar-refractivity contribution in [3.8, 4) is 5.75 Å². The Balaban J connectivity index is 1.63. The molecule has 0 heterocycles. The van der Waals surface area contributed by atoms with Gasteiger partial charge in [0.25, 0.3) is 0 Å². The van der Waals surface area contributed by atoms with Crippen LogP contribution in [0.3, 0.4) is 0 Å². The number of hydrogen-bond acceptors (Lipinski definition) is 4. The van der Waals surface area contributed by atoms with Crippen LogP contribution in [0.15, 0.2) is 60.7 Å². The summed E-state index contributed by atoms with van der Waals surface area (Å²) in [6.07, 6.45) is 1.20. The summed E-state index contributed by atoms with van der Waals surface area (Å²) >= 11 is 0. The van der Waals surface area contributed by atoms with E-state index >= 15 is 0 Å². The Kier molecular flexibility index (Phi) is 7.47. The molecule has 0 spiro atoms. The predicted octanol–water partition coefficient (Wildman–Crippen LogP) is 2.23. The maximum Gasteiger partial charge on any atom is 0.235 e. The molecule has 0 bridgehead atoms. The molecule has 0 fully saturated rings. The first kappa shape index (κ1) is 19.0. The molecule has 2 aromatic rings. The number of nitrogens with one attached hydrogen (secondary N) is 1. The lowest BCUT2D eigenvalue weighted by Gasteiger charge is -2.08. The van der Waals surface area contributed by atoms with Crippen molar-refractivity contribution in [3.05, 3.63) is 66.2 Å². The Morgan fingerprint density at radius 1 is 0.960 bits per heavy atom. The van der Waals surface area contributed by atoms with E-state index in [-0.39, 0.29) is 12.3 Å². The number of amides is 1. The van der Waals surface area contributed by atoms with Crippen LogP contribution in [0.5, 0.6) is 5.75 Å². The van der Waals surface area contributed by atoms with Gasteiger partial charge in [0.15, 0.2) is 9.84 Å². The van der Waals surface area contributed by atoms with Crippen molar-refractivity contribution >= 4 is 15.7 Å². The van der Waals surface area contributed by atoms with Crippen LogP contribution in [0.25, 0.3) is 0 Å². The van der Waals surface area contributed by atoms with Gasteiger partial charge in [0.2, 0.25) is 5.91 Å². The highest BCUT2D eigenvalue weighted by molar-refractivity contribution is 7.92. The lowest BCUT2D eigenvalue weighted by molar-refractivity contribution is -0.118. The smallest absolute Gasteiger partial charge is 0.235 e. The molecule has 134 valence electrons. The van der Waals surface area contributed by atoms with Crippen molar-refractivity contribution in [2.75, 3.05) is 24.7 Å². The van der Waals surface area contributed by atoms with Crippen molar-refractivity contribution in [1.29, 1.82) is 0 Å². The zero-order valence-corrected chi connectivity index (χ0v) is 14.9. The average Bonchev–Trinajstić information content (AvgIpc) is 2.60. The van der Waals surface area contributed by atoms with E-state index in [1.54, 1.807) is 0 Å². The fraction of sp³-hybridized carbons (Fsp3) is 0.316. The second kappa shape index (κ2) is 9.84. The normalized spacial score (nSPS) is 11.0. The van der Waals surface area contributed by atoms with Crippen LogP contribution in [0.2, 0.25) is 0 Å². The molecule has 6 heteroatoms. The second-order valence-corrected chi connectivity index (χ2v) is 7.88. The van der Waals surface area contributed by atoms with Gasteiger partial charge in [-0.05, 0) is 30.5 Å². The Labute approximate surface area is 148 Å². The zero-order chi connectivity index (χ0) is 18.0. The highest BCUT2D eigenvalue weighted by atomic mass is 32.2. The minimum atomic E-state index is -3.39. The molecule has 0 saturated heterocycles. The Bertz CT molecular complexity index is 746. The van der Waals surface area contributed by atoms with Gasteiger partial charge in [0, 0.05) is 0 Å². The molecule has 2 aromatic carbocycles. The number of benzene rings is 2. The summed E-state index contributed by atoms with van der Waals surface area (Å²) in [5.74, 6) is -0.246. The lowest BCUT2D eigenvalue weighted by Crippen LogP contribution is -2.34. The Hall–Kier alpha value is -2.34. The van der Waals surface area contributed by atoms with Crippen molar-refractivity contribution in [1.82, 2.24) is 5.32 Å². The van der Waals surface area contributed by atoms with E-state index in [0.29, 0.717) is 25.2 Å². The van der Waals surface area contributed by atoms with Crippen LogP contribution >= 0.6 is 0 Å². The third-order valence-electron chi connectivity index (χ3n) is 3.55. The van der Waals surface area contributed by atoms with E-state index < -0.39 is 21.5 Å². The number of hydrogen-bond donors (Lipinski definition) is 1. The first-order chi connectivity index (χ1) is 12.1. The third-order valence-corrected chi connectivity index (χ3v) is 5.16. The molecule has 0 aliphatic heterocycles. The lowest BCUT2D eigenvalue weighted by atomic mass is 10.1. The van der Waals surface area contributed by atoms with Crippen molar-refractivity contribution in [2.24, 2.45) is 0 Å². The molecule has 0 aromatic heterocycles. The molecule has 0 aliphatic rings. The molecule has 25 heavy (non-hydrogen) atoms. The fourth-order valence-electron chi connectivity index (χ4n) is 2.34. The standard InChI is InChI=1S/C19H23NO4S/c21-19(20-13-14-24-18-11-5-2-6-12-18)16-25(22,23)15-7-10-17-8-3-1-4-9-17/h1-6,8-9,11-12H,7,10,13-16H2,(H,20,21). The first-order valence-electron chi connectivity index (χ1n) is 8.24. The van der Waals surface area contributed by atoms with Gasteiger partial charge in [-0.3, -0.25) is 4.79 Å². The van der Waals surface area contributed by atoms with Gasteiger partial charge < -0.3 is 10.1 Å². The summed E-state index contributed by atoms with van der Waals surface area (Å²) in [4.78, 5) is 11.8. The van der Waals surface area contributed by atoms with Crippen LogP contribution in [0.1, 0.15) is 12.0 Å². The number of aryl methyl sites for hydroxylation is 1. The van der Waals surface area contributed by atoms with E-state index in [4.69, 9.17) is 4.74 Å². The van der Waals surface area contributed by atoms with Gasteiger partial charge in [-0.25, -0.2) is 8.42 Å². The van der Waals surface area contributed by atoms with E-state index in [2.05, 4.69) is 5.32 Å². The minimum Gasteiger partial charge on any atom is -0.492 e. The molecule has 0 saturated carbocycles. The van der Waals surface area contributed by atoms with Gasteiger partial charge in [-0.1, -0.05) is 48.5 Å². The SMILES string of the molecule is O=C(CS(=O)(=O)CCCc1ccccc1)NCCOc1ccccc1. The predicted molar refractivity (Wildman–Crippen MR) is 98.4 cm³/mol. The van der Waals surface area contributed by atoms with Crippen LogP contribution in [0.4, 0.5) is 0 Å². The molecular formula is C19H23NO4S. The summed E-state index contributed by atoms with van der Waals surface area (Å²) in [5, 5.41) is 2.57. The largest absolute Gasteiger partial charge is 0.492 e. The molecule has 0 aliphatic carbocycles. The second-order valence-electron chi connectivity index (χ2n) is 5.69. The van der Waals surface area contributed by atoms with E-state index in [1.807, 2.05) is 60.7 Å². The summed E-state index contributed by atoms with van der Waals surface area (Å²) < 4.78 is 29.4. The molecular weight excluding hydrogens is 338 g/mol. The maximum atomic E-state index is 12.0. The van der Waals surface area contributed by atoms with Crippen LogP contribution in [-0.2, 0) is 21.1 Å². The molecule has 1 amide bonds. The molecule has 2 rings (SSSR count). The van der Waals surface area contributed by atoms with Gasteiger partial charge in [-0.2, -0.15) is 0 Å². The van der Waals surface area contributed by atoms with Gasteiger partial charge in [-0.15, -0.1) is 0 Å². The number of para-hydroxylation sites is 1. The number of carbonyl (C=O) groups is 1. The van der Waals surface area contributed by atoms with E-state index in [0.717, 1.165) is 5.56 Å². The molecule has 0 atom stereocenters. The highest BCUT2D eigenvalue weighted by Gasteiger charge is 2.16.